The second-order valence-corrected chi connectivity index (χ2v) is 2.52. The first-order valence-corrected chi connectivity index (χ1v) is 3.64. The number of rotatable bonds is 1. The largest absolute Gasteiger partial charge is 0.145 e. The molecule has 0 heterocycles. The lowest BCUT2D eigenvalue weighted by molar-refractivity contribution is 1.51. The molecule has 2 heteroatoms. The number of hydrogen-bond donors (Lipinski definition) is 0. The molecule has 2 aromatic carbocycles. The number of nitrogens with zero attached hydrogens (tertiary/aromatic N) is 1. The summed E-state index contributed by atoms with van der Waals surface area (Å²) in [5.74, 6) is 0. The predicted octanol–water partition coefficient (Wildman–Crippen LogP) is 3.04. The lowest BCUT2D eigenvalue weighted by Gasteiger charge is -1.94. The molecule has 0 atom stereocenters. The molecule has 0 aliphatic heterocycles. The van der Waals surface area contributed by atoms with Gasteiger partial charge in [-0.3, -0.25) is 0 Å². The molecule has 0 aliphatic rings. The third-order valence-electron chi connectivity index (χ3n) is 1.74. The van der Waals surface area contributed by atoms with Gasteiger partial charge in [0.1, 0.15) is 5.69 Å². The number of benzene rings is 2. The van der Waals surface area contributed by atoms with E-state index < -0.39 is 0 Å². The van der Waals surface area contributed by atoms with Gasteiger partial charge in [-0.15, -0.1) is 4.91 Å². The zero-order valence-electron chi connectivity index (χ0n) is 6.32. The molecule has 2 nitrogen and oxygen atoms in total. The van der Waals surface area contributed by atoms with Crippen LogP contribution in [0.4, 0.5) is 5.69 Å². The van der Waals surface area contributed by atoms with Crippen molar-refractivity contribution in [3.05, 3.63) is 47.4 Å². The van der Waals surface area contributed by atoms with Gasteiger partial charge in [0.25, 0.3) is 0 Å². The summed E-state index contributed by atoms with van der Waals surface area (Å²) in [5, 5.41) is 4.81. The first-order chi connectivity index (χ1) is 5.90. The summed E-state index contributed by atoms with van der Waals surface area (Å²) >= 11 is 0. The molecule has 0 saturated heterocycles. The molecule has 0 bridgehead atoms. The van der Waals surface area contributed by atoms with Crippen LogP contribution >= 0.6 is 0 Å². The first-order valence-electron chi connectivity index (χ1n) is 3.64. The van der Waals surface area contributed by atoms with Gasteiger partial charge in [-0.1, -0.05) is 30.3 Å². The number of fused-ring (bicyclic) bond motifs is 1. The van der Waals surface area contributed by atoms with Crippen molar-refractivity contribution >= 4 is 16.5 Å². The van der Waals surface area contributed by atoms with Crippen LogP contribution in [0.1, 0.15) is 0 Å². The van der Waals surface area contributed by atoms with Crippen molar-refractivity contribution in [2.24, 2.45) is 5.18 Å². The predicted molar refractivity (Wildman–Crippen MR) is 48.2 cm³/mol. The minimum atomic E-state index is 0.355. The Balaban J connectivity index is 2.75. The van der Waals surface area contributed by atoms with Gasteiger partial charge >= 0.3 is 0 Å². The minimum Gasteiger partial charge on any atom is -0.145 e. The van der Waals surface area contributed by atoms with E-state index in [4.69, 9.17) is 0 Å². The summed E-state index contributed by atoms with van der Waals surface area (Å²) in [6.07, 6.45) is 0. The Labute approximate surface area is 69.8 Å². The maximum absolute atomic E-state index is 10.2. The Morgan fingerprint density at radius 2 is 1.92 bits per heavy atom. The molecule has 0 aliphatic carbocycles. The summed E-state index contributed by atoms with van der Waals surface area (Å²) in [5.41, 5.74) is 0.355. The fraction of sp³-hybridized carbons (Fsp3) is 0. The van der Waals surface area contributed by atoms with E-state index in [-0.39, 0.29) is 0 Å². The SMILES string of the molecule is O=Nc1[c]c2ccccc2cc1. The van der Waals surface area contributed by atoms with Crippen molar-refractivity contribution < 1.29 is 0 Å². The second kappa shape index (κ2) is 2.74. The van der Waals surface area contributed by atoms with Gasteiger partial charge in [-0.25, -0.2) is 0 Å². The molecule has 0 unspecified atom stereocenters. The van der Waals surface area contributed by atoms with E-state index in [9.17, 15) is 4.91 Å². The van der Waals surface area contributed by atoms with E-state index >= 15 is 0 Å². The fourth-order valence-corrected chi connectivity index (χ4v) is 1.16. The first kappa shape index (κ1) is 6.98. The Kier molecular flexibility index (Phi) is 1.59. The smallest absolute Gasteiger partial charge is 0.116 e. The van der Waals surface area contributed by atoms with Gasteiger partial charge in [0.15, 0.2) is 0 Å². The third-order valence-corrected chi connectivity index (χ3v) is 1.74. The Morgan fingerprint density at radius 3 is 2.75 bits per heavy atom. The molecule has 0 aromatic heterocycles. The van der Waals surface area contributed by atoms with Gasteiger partial charge in [0, 0.05) is 6.07 Å². The van der Waals surface area contributed by atoms with Crippen molar-refractivity contribution in [3.8, 4) is 0 Å². The van der Waals surface area contributed by atoms with Crippen molar-refractivity contribution in [2.45, 2.75) is 0 Å². The Morgan fingerprint density at radius 1 is 1.08 bits per heavy atom. The van der Waals surface area contributed by atoms with Crippen LogP contribution in [0.25, 0.3) is 10.8 Å². The highest BCUT2D eigenvalue weighted by molar-refractivity contribution is 5.84. The highest BCUT2D eigenvalue weighted by atomic mass is 16.3. The van der Waals surface area contributed by atoms with Crippen LogP contribution in [-0.2, 0) is 0 Å². The van der Waals surface area contributed by atoms with E-state index in [1.807, 2.05) is 30.3 Å². The number of hydrogen-bond acceptors (Lipinski definition) is 2. The van der Waals surface area contributed by atoms with Gasteiger partial charge in [0.05, 0.1) is 0 Å². The van der Waals surface area contributed by atoms with Crippen molar-refractivity contribution in [3.63, 3.8) is 0 Å². The highest BCUT2D eigenvalue weighted by Crippen LogP contribution is 2.19. The number of nitroso groups, excluding NO2 is 1. The average molecular weight is 156 g/mol. The van der Waals surface area contributed by atoms with Gasteiger partial charge in [-0.05, 0) is 22.0 Å². The van der Waals surface area contributed by atoms with Crippen LogP contribution in [0.15, 0.2) is 41.6 Å². The third kappa shape index (κ3) is 1.07. The van der Waals surface area contributed by atoms with Crippen molar-refractivity contribution in [2.75, 3.05) is 0 Å². The summed E-state index contributed by atoms with van der Waals surface area (Å²) < 4.78 is 0. The monoisotopic (exact) mass is 156 g/mol. The summed E-state index contributed by atoms with van der Waals surface area (Å²) in [6, 6.07) is 14.2. The topological polar surface area (TPSA) is 29.4 Å². The molecule has 57 valence electrons. The van der Waals surface area contributed by atoms with Gasteiger partial charge in [0.2, 0.25) is 0 Å². The van der Waals surface area contributed by atoms with Crippen LogP contribution in [0.3, 0.4) is 0 Å². The van der Waals surface area contributed by atoms with E-state index in [0.29, 0.717) is 5.69 Å². The molecule has 2 aromatic rings. The minimum absolute atomic E-state index is 0.355. The zero-order chi connectivity index (χ0) is 8.39. The van der Waals surface area contributed by atoms with Crippen LogP contribution in [0.2, 0.25) is 0 Å². The molecule has 1 radical (unpaired) electrons. The molecular formula is C10H6NO. The molecule has 0 N–H and O–H groups in total. The second-order valence-electron chi connectivity index (χ2n) is 2.52. The molecule has 2 rings (SSSR count). The normalized spacial score (nSPS) is 10.0. The van der Waals surface area contributed by atoms with Crippen LogP contribution in [-0.4, -0.2) is 0 Å². The van der Waals surface area contributed by atoms with E-state index in [1.54, 1.807) is 6.07 Å². The fourth-order valence-electron chi connectivity index (χ4n) is 1.16. The molecule has 12 heavy (non-hydrogen) atoms. The molecule has 0 amide bonds. The van der Waals surface area contributed by atoms with Gasteiger partial charge < -0.3 is 0 Å². The van der Waals surface area contributed by atoms with E-state index in [1.165, 1.54) is 0 Å². The standard InChI is InChI=1S/C10H6NO/c12-11-10-6-5-8-3-1-2-4-9(8)7-10/h1-6H. The zero-order valence-corrected chi connectivity index (χ0v) is 6.32. The van der Waals surface area contributed by atoms with Crippen molar-refractivity contribution in [1.82, 2.24) is 0 Å². The molecule has 0 saturated carbocycles. The molecular weight excluding hydrogens is 150 g/mol. The van der Waals surface area contributed by atoms with E-state index in [2.05, 4.69) is 11.2 Å². The lowest BCUT2D eigenvalue weighted by atomic mass is 10.1. The lowest BCUT2D eigenvalue weighted by Crippen LogP contribution is -1.70. The van der Waals surface area contributed by atoms with Crippen molar-refractivity contribution in [1.29, 1.82) is 0 Å². The summed E-state index contributed by atoms with van der Waals surface area (Å²) in [4.78, 5) is 10.2. The van der Waals surface area contributed by atoms with E-state index in [0.717, 1.165) is 10.8 Å². The molecule has 0 spiro atoms. The summed E-state index contributed by atoms with van der Waals surface area (Å²) in [7, 11) is 0. The van der Waals surface area contributed by atoms with Crippen LogP contribution in [0.5, 0.6) is 0 Å². The highest BCUT2D eigenvalue weighted by Gasteiger charge is 1.94. The van der Waals surface area contributed by atoms with Crippen LogP contribution < -0.4 is 0 Å². The average Bonchev–Trinajstić information content (AvgIpc) is 2.17. The molecule has 0 fully saturated rings. The van der Waals surface area contributed by atoms with Gasteiger partial charge in [-0.2, -0.15) is 0 Å². The summed E-state index contributed by atoms with van der Waals surface area (Å²) in [6.45, 7) is 0. The maximum atomic E-state index is 10.2. The quantitative estimate of drug-likeness (QED) is 0.583. The Bertz CT molecular complexity index is 423. The maximum Gasteiger partial charge on any atom is 0.116 e. The van der Waals surface area contributed by atoms with Crippen LogP contribution in [0, 0.1) is 11.0 Å². The Hall–Kier alpha value is -1.70.